The van der Waals surface area contributed by atoms with Gasteiger partial charge < -0.3 is 9.52 Å². The van der Waals surface area contributed by atoms with Crippen molar-refractivity contribution in [2.24, 2.45) is 11.8 Å². The second-order valence-electron chi connectivity index (χ2n) is 5.44. The molecule has 2 aliphatic rings. The number of aromatic carboxylic acids is 1. The maximum Gasteiger partial charge on any atom is 0.358 e. The first-order chi connectivity index (χ1) is 9.22. The molecule has 2 aromatic rings. The van der Waals surface area contributed by atoms with Gasteiger partial charge >= 0.3 is 5.97 Å². The lowest BCUT2D eigenvalue weighted by Crippen LogP contribution is -2.05. The van der Waals surface area contributed by atoms with Gasteiger partial charge in [-0.1, -0.05) is 6.07 Å². The van der Waals surface area contributed by atoms with E-state index in [4.69, 9.17) is 4.42 Å². The van der Waals surface area contributed by atoms with E-state index in [0.29, 0.717) is 11.7 Å². The van der Waals surface area contributed by atoms with Crippen molar-refractivity contribution in [1.82, 2.24) is 4.98 Å². The van der Waals surface area contributed by atoms with Gasteiger partial charge in [0.05, 0.1) is 4.88 Å². The van der Waals surface area contributed by atoms with Gasteiger partial charge in [0.2, 0.25) is 5.89 Å². The Morgan fingerprint density at radius 3 is 2.79 bits per heavy atom. The molecule has 0 bridgehead atoms. The summed E-state index contributed by atoms with van der Waals surface area (Å²) in [6.07, 6.45) is 3.43. The van der Waals surface area contributed by atoms with E-state index in [-0.39, 0.29) is 11.6 Å². The molecule has 2 heterocycles. The van der Waals surface area contributed by atoms with Gasteiger partial charge in [-0.2, -0.15) is 0 Å². The van der Waals surface area contributed by atoms with Gasteiger partial charge in [-0.25, -0.2) is 9.78 Å². The zero-order valence-electron chi connectivity index (χ0n) is 10.2. The Bertz CT molecular complexity index is 621. The molecule has 0 amide bonds. The fraction of sp³-hybridized carbons (Fsp3) is 0.429. The van der Waals surface area contributed by atoms with Crippen LogP contribution in [0.25, 0.3) is 10.8 Å². The third kappa shape index (κ3) is 1.80. The number of fused-ring (bicyclic) bond motifs is 1. The minimum Gasteiger partial charge on any atom is -0.476 e. The Morgan fingerprint density at radius 2 is 2.16 bits per heavy atom. The lowest BCUT2D eigenvalue weighted by molar-refractivity contribution is 0.0688. The number of carboxylic acid groups (broad SMARTS) is 1. The van der Waals surface area contributed by atoms with Crippen molar-refractivity contribution in [3.8, 4) is 10.8 Å². The van der Waals surface area contributed by atoms with Crippen LogP contribution in [0.1, 0.15) is 41.4 Å². The van der Waals surface area contributed by atoms with Crippen molar-refractivity contribution < 1.29 is 14.3 Å². The Hall–Kier alpha value is -1.62. The van der Waals surface area contributed by atoms with Crippen LogP contribution in [0.5, 0.6) is 0 Å². The molecule has 0 aliphatic heterocycles. The van der Waals surface area contributed by atoms with Crippen LogP contribution in [0.15, 0.2) is 21.9 Å². The monoisotopic (exact) mass is 275 g/mol. The molecule has 2 atom stereocenters. The molecule has 0 radical (unpaired) electrons. The number of aromatic nitrogens is 1. The highest BCUT2D eigenvalue weighted by atomic mass is 32.1. The maximum absolute atomic E-state index is 11.3. The average Bonchev–Trinajstić information content (AvgIpc) is 2.90. The Balaban J connectivity index is 1.74. The SMILES string of the molecule is O=C(O)c1nc(-c2cccs2)oc1C1CC2CC2C1. The van der Waals surface area contributed by atoms with Crippen LogP contribution in [0, 0.1) is 11.8 Å². The van der Waals surface area contributed by atoms with Gasteiger partial charge in [0.25, 0.3) is 0 Å². The molecule has 0 saturated heterocycles. The lowest BCUT2D eigenvalue weighted by atomic mass is 9.99. The number of oxazole rings is 1. The van der Waals surface area contributed by atoms with Crippen LogP contribution in [-0.4, -0.2) is 16.1 Å². The number of carbonyl (C=O) groups is 1. The summed E-state index contributed by atoms with van der Waals surface area (Å²) in [5, 5.41) is 11.2. The highest BCUT2D eigenvalue weighted by Crippen LogP contribution is 2.58. The molecule has 1 N–H and O–H groups in total. The summed E-state index contributed by atoms with van der Waals surface area (Å²) in [4.78, 5) is 16.4. The minimum atomic E-state index is -0.984. The first kappa shape index (κ1) is 11.2. The Labute approximate surface area is 114 Å². The topological polar surface area (TPSA) is 63.3 Å². The normalized spacial score (nSPS) is 28.3. The summed E-state index contributed by atoms with van der Waals surface area (Å²) in [5.41, 5.74) is 0.106. The predicted octanol–water partition coefficient (Wildman–Crippen LogP) is 3.61. The number of hydrogen-bond donors (Lipinski definition) is 1. The van der Waals surface area contributed by atoms with E-state index in [1.807, 2.05) is 17.5 Å². The highest BCUT2D eigenvalue weighted by molar-refractivity contribution is 7.13. The predicted molar refractivity (Wildman–Crippen MR) is 70.3 cm³/mol. The van der Waals surface area contributed by atoms with E-state index in [1.165, 1.54) is 17.8 Å². The quantitative estimate of drug-likeness (QED) is 0.929. The first-order valence-corrected chi connectivity index (χ1v) is 7.38. The summed E-state index contributed by atoms with van der Waals surface area (Å²) >= 11 is 1.51. The maximum atomic E-state index is 11.3. The number of rotatable bonds is 3. The average molecular weight is 275 g/mol. The molecule has 98 valence electrons. The molecular formula is C14H13NO3S. The first-order valence-electron chi connectivity index (χ1n) is 6.50. The van der Waals surface area contributed by atoms with Crippen LogP contribution in [0.2, 0.25) is 0 Å². The molecule has 4 nitrogen and oxygen atoms in total. The van der Waals surface area contributed by atoms with Crippen molar-refractivity contribution in [2.45, 2.75) is 25.2 Å². The van der Waals surface area contributed by atoms with E-state index in [2.05, 4.69) is 4.98 Å². The fourth-order valence-corrected chi connectivity index (χ4v) is 3.85. The fourth-order valence-electron chi connectivity index (χ4n) is 3.20. The van der Waals surface area contributed by atoms with Gasteiger partial charge in [-0.15, -0.1) is 11.3 Å². The molecule has 0 spiro atoms. The zero-order valence-corrected chi connectivity index (χ0v) is 11.0. The molecule has 2 aromatic heterocycles. The smallest absolute Gasteiger partial charge is 0.358 e. The van der Waals surface area contributed by atoms with Gasteiger partial charge in [-0.3, -0.25) is 0 Å². The van der Waals surface area contributed by atoms with E-state index in [9.17, 15) is 9.90 Å². The van der Waals surface area contributed by atoms with Crippen LogP contribution in [0.3, 0.4) is 0 Å². The molecule has 5 heteroatoms. The number of nitrogens with zero attached hydrogens (tertiary/aromatic N) is 1. The van der Waals surface area contributed by atoms with Gasteiger partial charge in [0.1, 0.15) is 5.76 Å². The molecule has 2 aliphatic carbocycles. The van der Waals surface area contributed by atoms with Crippen molar-refractivity contribution in [3.05, 3.63) is 29.0 Å². The lowest BCUT2D eigenvalue weighted by Gasteiger charge is -2.08. The third-order valence-corrected chi connectivity index (χ3v) is 5.06. The van der Waals surface area contributed by atoms with Crippen molar-refractivity contribution in [2.75, 3.05) is 0 Å². The molecule has 19 heavy (non-hydrogen) atoms. The molecular weight excluding hydrogens is 262 g/mol. The van der Waals surface area contributed by atoms with Crippen molar-refractivity contribution >= 4 is 17.3 Å². The third-order valence-electron chi connectivity index (χ3n) is 4.20. The minimum absolute atomic E-state index is 0.106. The second kappa shape index (κ2) is 3.93. The van der Waals surface area contributed by atoms with E-state index < -0.39 is 5.97 Å². The second-order valence-corrected chi connectivity index (χ2v) is 6.39. The molecule has 2 saturated carbocycles. The number of carboxylic acids is 1. The van der Waals surface area contributed by atoms with Crippen LogP contribution in [-0.2, 0) is 0 Å². The Morgan fingerprint density at radius 1 is 1.37 bits per heavy atom. The van der Waals surface area contributed by atoms with Gasteiger partial charge in [0, 0.05) is 5.92 Å². The largest absolute Gasteiger partial charge is 0.476 e. The number of hydrogen-bond acceptors (Lipinski definition) is 4. The highest BCUT2D eigenvalue weighted by Gasteiger charge is 2.48. The van der Waals surface area contributed by atoms with E-state index in [1.54, 1.807) is 0 Å². The van der Waals surface area contributed by atoms with Crippen molar-refractivity contribution in [3.63, 3.8) is 0 Å². The van der Waals surface area contributed by atoms with Crippen LogP contribution in [0.4, 0.5) is 0 Å². The zero-order chi connectivity index (χ0) is 13.0. The Kier molecular flexibility index (Phi) is 2.33. The molecule has 2 unspecified atom stereocenters. The molecule has 2 fully saturated rings. The van der Waals surface area contributed by atoms with E-state index in [0.717, 1.165) is 29.6 Å². The summed E-state index contributed by atoms with van der Waals surface area (Å²) in [6, 6.07) is 3.81. The van der Waals surface area contributed by atoms with Gasteiger partial charge in [-0.05, 0) is 42.5 Å². The summed E-state index contributed by atoms with van der Waals surface area (Å²) < 4.78 is 5.79. The standard InChI is InChI=1S/C14H13NO3S/c16-14(17)11-12(9-5-7-4-8(7)6-9)18-13(15-11)10-2-1-3-19-10/h1-3,7-9H,4-6H2,(H,16,17). The van der Waals surface area contributed by atoms with Crippen LogP contribution < -0.4 is 0 Å². The summed E-state index contributed by atoms with van der Waals surface area (Å²) in [7, 11) is 0. The number of thiophene rings is 1. The van der Waals surface area contributed by atoms with Crippen LogP contribution >= 0.6 is 11.3 Å². The summed E-state index contributed by atoms with van der Waals surface area (Å²) in [6.45, 7) is 0. The molecule has 0 aromatic carbocycles. The summed E-state index contributed by atoms with van der Waals surface area (Å²) in [5.74, 6) is 1.88. The van der Waals surface area contributed by atoms with Crippen molar-refractivity contribution in [1.29, 1.82) is 0 Å². The molecule has 4 rings (SSSR count). The van der Waals surface area contributed by atoms with Gasteiger partial charge in [0.15, 0.2) is 5.69 Å². The van der Waals surface area contributed by atoms with E-state index >= 15 is 0 Å².